The number of hydrogen-bond donors (Lipinski definition) is 3. The molecule has 0 unspecified atom stereocenters. The molecule has 1 aromatic carbocycles. The van der Waals surface area contributed by atoms with Gasteiger partial charge in [-0.25, -0.2) is 13.1 Å². The van der Waals surface area contributed by atoms with E-state index in [0.29, 0.717) is 19.5 Å². The third kappa shape index (κ3) is 9.75. The topological polar surface area (TPSA) is 82.6 Å². The zero-order valence-electron chi connectivity index (χ0n) is 17.1. The van der Waals surface area contributed by atoms with Crippen molar-refractivity contribution in [1.29, 1.82) is 0 Å². The summed E-state index contributed by atoms with van der Waals surface area (Å²) >= 11 is 0. The fourth-order valence-electron chi connectivity index (χ4n) is 2.44. The first-order valence-electron chi connectivity index (χ1n) is 9.25. The predicted octanol–water partition coefficient (Wildman–Crippen LogP) is 2.64. The summed E-state index contributed by atoms with van der Waals surface area (Å²) in [5.41, 5.74) is 2.60. The van der Waals surface area contributed by atoms with Crippen LogP contribution in [-0.4, -0.2) is 46.8 Å². The Labute approximate surface area is 182 Å². The standard InChI is InChI=1S/C19H34N4O2S.HI/c1-6-16-9-11-17(12-10-16)19(3,4)15-22-18(20-5)21-13-8-14-23-26(24,25)7-2;/h9-12,23H,6-8,13-15H2,1-5H3,(H2,20,21,22);1H. The lowest BCUT2D eigenvalue weighted by Gasteiger charge is -2.27. The van der Waals surface area contributed by atoms with Crippen LogP contribution in [0.4, 0.5) is 0 Å². The van der Waals surface area contributed by atoms with E-state index in [4.69, 9.17) is 0 Å². The molecule has 0 aliphatic rings. The van der Waals surface area contributed by atoms with E-state index < -0.39 is 10.0 Å². The lowest BCUT2D eigenvalue weighted by molar-refractivity contribution is 0.508. The molecular formula is C19H35IN4O2S. The molecule has 0 saturated carbocycles. The van der Waals surface area contributed by atoms with Gasteiger partial charge in [-0.15, -0.1) is 24.0 Å². The molecule has 0 heterocycles. The van der Waals surface area contributed by atoms with Gasteiger partial charge >= 0.3 is 0 Å². The average Bonchev–Trinajstić information content (AvgIpc) is 2.64. The Balaban J connectivity index is 0.00000676. The van der Waals surface area contributed by atoms with Gasteiger partial charge in [0, 0.05) is 32.1 Å². The van der Waals surface area contributed by atoms with Crippen LogP contribution in [0.1, 0.15) is 45.2 Å². The smallest absolute Gasteiger partial charge is 0.211 e. The van der Waals surface area contributed by atoms with Crippen LogP contribution in [0.25, 0.3) is 0 Å². The summed E-state index contributed by atoms with van der Waals surface area (Å²) in [6, 6.07) is 8.75. The maximum Gasteiger partial charge on any atom is 0.211 e. The van der Waals surface area contributed by atoms with E-state index in [0.717, 1.165) is 18.9 Å². The zero-order chi connectivity index (χ0) is 19.6. The number of benzene rings is 1. The van der Waals surface area contributed by atoms with E-state index in [9.17, 15) is 8.42 Å². The van der Waals surface area contributed by atoms with Gasteiger partial charge in [-0.1, -0.05) is 45.0 Å². The summed E-state index contributed by atoms with van der Waals surface area (Å²) < 4.78 is 25.3. The predicted molar refractivity (Wildman–Crippen MR) is 126 cm³/mol. The lowest BCUT2D eigenvalue weighted by atomic mass is 9.84. The van der Waals surface area contributed by atoms with Crippen molar-refractivity contribution in [3.63, 3.8) is 0 Å². The summed E-state index contributed by atoms with van der Waals surface area (Å²) in [6.45, 7) is 10.0. The molecule has 8 heteroatoms. The molecule has 0 aromatic heterocycles. The minimum atomic E-state index is -3.11. The molecule has 0 saturated heterocycles. The Morgan fingerprint density at radius 3 is 2.22 bits per heavy atom. The van der Waals surface area contributed by atoms with Gasteiger partial charge in [0.15, 0.2) is 5.96 Å². The van der Waals surface area contributed by atoms with Gasteiger partial charge in [0.1, 0.15) is 0 Å². The Morgan fingerprint density at radius 2 is 1.70 bits per heavy atom. The second kappa shape index (κ2) is 12.6. The molecule has 3 N–H and O–H groups in total. The van der Waals surface area contributed by atoms with E-state index in [-0.39, 0.29) is 35.1 Å². The van der Waals surface area contributed by atoms with E-state index in [1.165, 1.54) is 11.1 Å². The molecule has 0 bridgehead atoms. The molecule has 0 fully saturated rings. The van der Waals surface area contributed by atoms with Gasteiger partial charge in [-0.05, 0) is 30.9 Å². The normalized spacial score (nSPS) is 12.4. The molecule has 0 aliphatic carbocycles. The number of halogens is 1. The van der Waals surface area contributed by atoms with Gasteiger partial charge in [-0.3, -0.25) is 4.99 Å². The largest absolute Gasteiger partial charge is 0.356 e. The van der Waals surface area contributed by atoms with Gasteiger partial charge in [0.05, 0.1) is 5.75 Å². The van der Waals surface area contributed by atoms with E-state index >= 15 is 0 Å². The third-order valence-electron chi connectivity index (χ3n) is 4.41. The minimum Gasteiger partial charge on any atom is -0.356 e. The minimum absolute atomic E-state index is 0. The van der Waals surface area contributed by atoms with E-state index in [1.807, 2.05) is 0 Å². The first-order valence-corrected chi connectivity index (χ1v) is 10.9. The molecule has 0 atom stereocenters. The highest BCUT2D eigenvalue weighted by Gasteiger charge is 2.20. The summed E-state index contributed by atoms with van der Waals surface area (Å²) in [4.78, 5) is 4.23. The highest BCUT2D eigenvalue weighted by atomic mass is 127. The average molecular weight is 510 g/mol. The Kier molecular flexibility index (Phi) is 12.2. The van der Waals surface area contributed by atoms with Crippen LogP contribution in [0, 0.1) is 0 Å². The van der Waals surface area contributed by atoms with Crippen LogP contribution in [0.15, 0.2) is 29.3 Å². The fraction of sp³-hybridized carbons (Fsp3) is 0.632. The van der Waals surface area contributed by atoms with E-state index in [1.54, 1.807) is 14.0 Å². The van der Waals surface area contributed by atoms with Crippen LogP contribution in [0.3, 0.4) is 0 Å². The molecule has 0 amide bonds. The summed E-state index contributed by atoms with van der Waals surface area (Å²) in [5.74, 6) is 0.833. The third-order valence-corrected chi connectivity index (χ3v) is 5.82. The molecule has 0 aliphatic heterocycles. The number of nitrogens with one attached hydrogen (secondary N) is 3. The second-order valence-electron chi connectivity index (χ2n) is 6.94. The van der Waals surface area contributed by atoms with Crippen molar-refractivity contribution in [1.82, 2.24) is 15.4 Å². The highest BCUT2D eigenvalue weighted by molar-refractivity contribution is 14.0. The van der Waals surface area contributed by atoms with Crippen LogP contribution < -0.4 is 15.4 Å². The molecule has 27 heavy (non-hydrogen) atoms. The van der Waals surface area contributed by atoms with Crippen LogP contribution in [0.5, 0.6) is 0 Å². The number of nitrogens with zero attached hydrogens (tertiary/aromatic N) is 1. The Hall–Kier alpha value is -0.870. The molecule has 1 aromatic rings. The summed E-state index contributed by atoms with van der Waals surface area (Å²) in [6.07, 6.45) is 1.74. The van der Waals surface area contributed by atoms with Crippen molar-refractivity contribution in [3.05, 3.63) is 35.4 Å². The number of hydrogen-bond acceptors (Lipinski definition) is 3. The monoisotopic (exact) mass is 510 g/mol. The molecular weight excluding hydrogens is 475 g/mol. The van der Waals surface area contributed by atoms with Crippen molar-refractivity contribution in [2.45, 2.75) is 46.0 Å². The zero-order valence-corrected chi connectivity index (χ0v) is 20.3. The molecule has 1 rings (SSSR count). The summed E-state index contributed by atoms with van der Waals surface area (Å²) in [5, 5.41) is 6.58. The first kappa shape index (κ1) is 26.1. The van der Waals surface area contributed by atoms with Gasteiger partial charge < -0.3 is 10.6 Å². The molecule has 0 spiro atoms. The second-order valence-corrected chi connectivity index (χ2v) is 9.03. The SMILES string of the molecule is CCc1ccc(C(C)(C)CNC(=NC)NCCCNS(=O)(=O)CC)cc1.I. The van der Waals surface area contributed by atoms with Crippen molar-refractivity contribution < 1.29 is 8.42 Å². The summed E-state index contributed by atoms with van der Waals surface area (Å²) in [7, 11) is -1.38. The Morgan fingerprint density at radius 1 is 1.07 bits per heavy atom. The maximum absolute atomic E-state index is 11.4. The van der Waals surface area contributed by atoms with Crippen LogP contribution in [-0.2, 0) is 21.9 Å². The Bertz CT molecular complexity index is 673. The van der Waals surface area contributed by atoms with Crippen molar-refractivity contribution in [2.75, 3.05) is 32.4 Å². The van der Waals surface area contributed by atoms with Crippen molar-refractivity contribution >= 4 is 40.0 Å². The first-order chi connectivity index (χ1) is 12.2. The highest BCUT2D eigenvalue weighted by Crippen LogP contribution is 2.22. The number of guanidine groups is 1. The van der Waals surface area contributed by atoms with E-state index in [2.05, 4.69) is 65.4 Å². The lowest BCUT2D eigenvalue weighted by Crippen LogP contribution is -2.44. The number of rotatable bonds is 10. The van der Waals surface area contributed by atoms with Crippen LogP contribution >= 0.6 is 24.0 Å². The van der Waals surface area contributed by atoms with Crippen LogP contribution in [0.2, 0.25) is 0 Å². The molecule has 0 radical (unpaired) electrons. The maximum atomic E-state index is 11.4. The van der Waals surface area contributed by atoms with Crippen molar-refractivity contribution in [3.8, 4) is 0 Å². The number of sulfonamides is 1. The molecule has 6 nitrogen and oxygen atoms in total. The van der Waals surface area contributed by atoms with Gasteiger partial charge in [-0.2, -0.15) is 0 Å². The van der Waals surface area contributed by atoms with Gasteiger partial charge in [0.25, 0.3) is 0 Å². The fourth-order valence-corrected chi connectivity index (χ4v) is 3.10. The van der Waals surface area contributed by atoms with Crippen molar-refractivity contribution in [2.24, 2.45) is 4.99 Å². The molecule has 156 valence electrons. The quantitative estimate of drug-likeness (QED) is 0.196. The number of aliphatic imine (C=N–C) groups is 1. The van der Waals surface area contributed by atoms with Gasteiger partial charge in [0.2, 0.25) is 10.0 Å². The number of aryl methyl sites for hydroxylation is 1.